The minimum Gasteiger partial charge on any atom is -0.495 e. The summed E-state index contributed by atoms with van der Waals surface area (Å²) in [6.45, 7) is 3.56. The third kappa shape index (κ3) is 4.26. The van der Waals surface area contributed by atoms with Crippen molar-refractivity contribution in [3.63, 3.8) is 0 Å². The lowest BCUT2D eigenvalue weighted by Crippen LogP contribution is -2.44. The topological polar surface area (TPSA) is 102 Å². The average molecular weight is 455 g/mol. The molecule has 9 heteroatoms. The van der Waals surface area contributed by atoms with E-state index >= 15 is 0 Å². The largest absolute Gasteiger partial charge is 0.495 e. The maximum absolute atomic E-state index is 13.0. The number of anilines is 1. The molecule has 0 aliphatic heterocycles. The summed E-state index contributed by atoms with van der Waals surface area (Å²) in [6.07, 6.45) is 2.41. The minimum absolute atomic E-state index is 0.0534. The molecular formula is C23H19ClN2O6. The molecule has 3 rings (SSSR count). The van der Waals surface area contributed by atoms with Crippen molar-refractivity contribution in [1.29, 1.82) is 0 Å². The van der Waals surface area contributed by atoms with Crippen LogP contribution in [0.15, 0.2) is 60.8 Å². The number of hydrogen-bond acceptors (Lipinski definition) is 6. The Morgan fingerprint density at radius 2 is 1.75 bits per heavy atom. The maximum atomic E-state index is 13.0. The monoisotopic (exact) mass is 454 g/mol. The average Bonchev–Trinajstić information content (AvgIpc) is 2.80. The molecule has 8 nitrogen and oxygen atoms in total. The number of Topliss-reactive ketones (excluding diaryl/α,β-unsaturated/α-hetero) is 1. The van der Waals surface area contributed by atoms with Crippen molar-refractivity contribution >= 4 is 40.7 Å². The van der Waals surface area contributed by atoms with Crippen molar-refractivity contribution in [2.24, 2.45) is 0 Å². The van der Waals surface area contributed by atoms with Crippen LogP contribution in [0.4, 0.5) is 5.69 Å². The molecule has 2 aromatic carbocycles. The first-order valence-corrected chi connectivity index (χ1v) is 9.75. The van der Waals surface area contributed by atoms with Gasteiger partial charge in [-0.2, -0.15) is 0 Å². The first-order valence-electron chi connectivity index (χ1n) is 9.37. The smallest absolute Gasteiger partial charge is 0.317 e. The molecule has 32 heavy (non-hydrogen) atoms. The lowest BCUT2D eigenvalue weighted by atomic mass is 9.93. The van der Waals surface area contributed by atoms with Crippen LogP contribution in [-0.4, -0.2) is 44.1 Å². The zero-order valence-electron chi connectivity index (χ0n) is 17.3. The van der Waals surface area contributed by atoms with Crippen LogP contribution < -0.4 is 19.7 Å². The van der Waals surface area contributed by atoms with Crippen LogP contribution in [-0.2, 0) is 9.59 Å². The lowest BCUT2D eigenvalue weighted by Gasteiger charge is -2.24. The first kappa shape index (κ1) is 22.8. The second-order valence-corrected chi connectivity index (χ2v) is 7.02. The fourth-order valence-electron chi connectivity index (χ4n) is 3.18. The minimum atomic E-state index is -1.12. The van der Waals surface area contributed by atoms with Gasteiger partial charge in [0.05, 0.1) is 30.6 Å². The van der Waals surface area contributed by atoms with E-state index in [1.165, 1.54) is 44.6 Å². The summed E-state index contributed by atoms with van der Waals surface area (Å²) in [5, 5.41) is 2.50. The van der Waals surface area contributed by atoms with Gasteiger partial charge >= 0.3 is 11.8 Å². The van der Waals surface area contributed by atoms with Gasteiger partial charge in [-0.15, -0.1) is 6.58 Å². The number of carbonyl (C=O) groups excluding carboxylic acids is 4. The fraction of sp³-hybridized carbons (Fsp3) is 0.130. The van der Waals surface area contributed by atoms with Gasteiger partial charge in [0, 0.05) is 35.9 Å². The Morgan fingerprint density at radius 3 is 2.38 bits per heavy atom. The Hall–Kier alpha value is -3.91. The predicted octanol–water partition coefficient (Wildman–Crippen LogP) is 2.96. The second-order valence-electron chi connectivity index (χ2n) is 6.61. The lowest BCUT2D eigenvalue weighted by molar-refractivity contribution is -0.137. The standard InChI is InChI=1S/C23H19ClN2O6/c1-4-9-26(17-12-19(31-2)15(24)10-20(17)32-3)23(30)22(29)25-16-11-18(27)13-7-5-6-8-14(13)21(16)28/h4-8,10-12H,1,9H2,2-3H3,(H,25,29). The molecule has 0 unspecified atom stereocenters. The number of ether oxygens (including phenoxy) is 2. The van der Waals surface area contributed by atoms with Gasteiger partial charge in [0.15, 0.2) is 5.78 Å². The van der Waals surface area contributed by atoms with E-state index in [4.69, 9.17) is 21.1 Å². The van der Waals surface area contributed by atoms with Gasteiger partial charge in [0.2, 0.25) is 5.78 Å². The highest BCUT2D eigenvalue weighted by atomic mass is 35.5. The van der Waals surface area contributed by atoms with E-state index in [0.717, 1.165) is 11.0 Å². The molecule has 0 heterocycles. The van der Waals surface area contributed by atoms with Gasteiger partial charge in [0.1, 0.15) is 11.5 Å². The second kappa shape index (κ2) is 9.49. The molecule has 0 atom stereocenters. The highest BCUT2D eigenvalue weighted by Crippen LogP contribution is 2.38. The van der Waals surface area contributed by atoms with E-state index in [9.17, 15) is 19.2 Å². The summed E-state index contributed by atoms with van der Waals surface area (Å²) < 4.78 is 10.5. The normalized spacial score (nSPS) is 12.4. The van der Waals surface area contributed by atoms with Gasteiger partial charge in [0.25, 0.3) is 0 Å². The van der Waals surface area contributed by atoms with Crippen molar-refractivity contribution < 1.29 is 28.7 Å². The summed E-state index contributed by atoms with van der Waals surface area (Å²) in [5.41, 5.74) is 0.299. The third-order valence-electron chi connectivity index (χ3n) is 4.70. The van der Waals surface area contributed by atoms with Crippen molar-refractivity contribution in [2.45, 2.75) is 0 Å². The molecule has 0 saturated carbocycles. The molecule has 0 spiro atoms. The number of halogens is 1. The van der Waals surface area contributed by atoms with E-state index in [1.807, 2.05) is 0 Å². The van der Waals surface area contributed by atoms with Crippen molar-refractivity contribution in [2.75, 3.05) is 25.7 Å². The molecule has 1 N–H and O–H groups in total. The number of hydrogen-bond donors (Lipinski definition) is 1. The quantitative estimate of drug-likeness (QED) is 0.532. The third-order valence-corrected chi connectivity index (χ3v) is 5.00. The number of fused-ring (bicyclic) bond motifs is 1. The molecule has 0 aromatic heterocycles. The van der Waals surface area contributed by atoms with Gasteiger partial charge < -0.3 is 14.8 Å². The van der Waals surface area contributed by atoms with Crippen molar-refractivity contribution in [3.05, 3.63) is 77.0 Å². The number of rotatable bonds is 6. The first-order chi connectivity index (χ1) is 15.3. The van der Waals surface area contributed by atoms with Gasteiger partial charge in [-0.25, -0.2) is 0 Å². The zero-order valence-corrected chi connectivity index (χ0v) is 18.1. The molecule has 2 aromatic rings. The molecule has 164 valence electrons. The summed E-state index contributed by atoms with van der Waals surface area (Å²) in [5.74, 6) is -2.66. The van der Waals surface area contributed by atoms with Crippen LogP contribution >= 0.6 is 11.6 Å². The number of nitrogens with zero attached hydrogens (tertiary/aromatic N) is 1. The highest BCUT2D eigenvalue weighted by Gasteiger charge is 2.31. The highest BCUT2D eigenvalue weighted by molar-refractivity contribution is 6.42. The number of benzene rings is 2. The van der Waals surface area contributed by atoms with E-state index < -0.39 is 23.4 Å². The SMILES string of the molecule is C=CCN(C(=O)C(=O)NC1=CC(=O)c2ccccc2C1=O)c1cc(OC)c(Cl)cc1OC. The molecular weight excluding hydrogens is 436 g/mol. The van der Waals surface area contributed by atoms with E-state index in [2.05, 4.69) is 11.9 Å². The van der Waals surface area contributed by atoms with E-state index in [1.54, 1.807) is 12.1 Å². The number of methoxy groups -OCH3 is 2. The summed E-state index contributed by atoms with van der Waals surface area (Å²) in [7, 11) is 2.78. The molecule has 2 amide bonds. The van der Waals surface area contributed by atoms with E-state index in [0.29, 0.717) is 0 Å². The van der Waals surface area contributed by atoms with Gasteiger partial charge in [-0.1, -0.05) is 41.9 Å². The van der Waals surface area contributed by atoms with Crippen LogP contribution in [0.25, 0.3) is 0 Å². The van der Waals surface area contributed by atoms with Crippen molar-refractivity contribution in [3.8, 4) is 11.5 Å². The number of allylic oxidation sites excluding steroid dienone is 2. The van der Waals surface area contributed by atoms with Crippen LogP contribution in [0.3, 0.4) is 0 Å². The Morgan fingerprint density at radius 1 is 1.09 bits per heavy atom. The Labute approximate surface area is 189 Å². The van der Waals surface area contributed by atoms with Crippen LogP contribution in [0.5, 0.6) is 11.5 Å². The van der Waals surface area contributed by atoms with Crippen LogP contribution in [0, 0.1) is 0 Å². The Balaban J connectivity index is 1.91. The molecule has 1 aliphatic carbocycles. The Bertz CT molecular complexity index is 1170. The summed E-state index contributed by atoms with van der Waals surface area (Å²) in [6, 6.07) is 9.12. The summed E-state index contributed by atoms with van der Waals surface area (Å²) >= 11 is 6.12. The molecule has 0 fully saturated rings. The van der Waals surface area contributed by atoms with Crippen LogP contribution in [0.2, 0.25) is 5.02 Å². The predicted molar refractivity (Wildman–Crippen MR) is 118 cm³/mol. The van der Waals surface area contributed by atoms with Crippen molar-refractivity contribution in [1.82, 2.24) is 5.32 Å². The molecule has 0 radical (unpaired) electrons. The maximum Gasteiger partial charge on any atom is 0.317 e. The Kier molecular flexibility index (Phi) is 6.75. The molecule has 0 saturated heterocycles. The molecule has 1 aliphatic rings. The molecule has 0 bridgehead atoms. The van der Waals surface area contributed by atoms with E-state index in [-0.39, 0.29) is 45.6 Å². The fourth-order valence-corrected chi connectivity index (χ4v) is 3.41. The number of nitrogens with one attached hydrogen (secondary N) is 1. The van der Waals surface area contributed by atoms with Gasteiger partial charge in [-0.05, 0) is 0 Å². The number of ketones is 2. The number of carbonyl (C=O) groups is 4. The zero-order chi connectivity index (χ0) is 23.4. The number of amides is 2. The van der Waals surface area contributed by atoms with Gasteiger partial charge in [-0.3, -0.25) is 24.1 Å². The van der Waals surface area contributed by atoms with Crippen LogP contribution in [0.1, 0.15) is 20.7 Å². The summed E-state index contributed by atoms with van der Waals surface area (Å²) in [4.78, 5) is 51.8.